The van der Waals surface area contributed by atoms with Crippen molar-refractivity contribution in [2.75, 3.05) is 6.54 Å². The number of likely N-dealkylation sites (tertiary alicyclic amines) is 1. The van der Waals surface area contributed by atoms with E-state index in [1.165, 1.54) is 36.2 Å². The van der Waals surface area contributed by atoms with Crippen LogP contribution in [-0.4, -0.2) is 11.4 Å². The summed E-state index contributed by atoms with van der Waals surface area (Å²) in [4.78, 5) is 2.26. The smallest absolute Gasteiger partial charge is 0.0437 e. The van der Waals surface area contributed by atoms with Crippen LogP contribution in [0, 0.1) is 10.8 Å². The Balaban J connectivity index is 2.61. The van der Waals surface area contributed by atoms with Gasteiger partial charge in [0.05, 0.1) is 0 Å². The molecule has 1 nitrogen and oxygen atoms in total. The largest absolute Gasteiger partial charge is 0.346 e. The molecule has 0 aromatic heterocycles. The number of hydrogen-bond acceptors (Lipinski definition) is 1. The predicted octanol–water partition coefficient (Wildman–Crippen LogP) is 5.91. The summed E-state index contributed by atoms with van der Waals surface area (Å²) in [5.41, 5.74) is 4.30. The quantitative estimate of drug-likeness (QED) is 0.522. The van der Waals surface area contributed by atoms with Gasteiger partial charge in [0.15, 0.2) is 0 Å². The first-order valence-electron chi connectivity index (χ1n) is 7.90. The summed E-state index contributed by atoms with van der Waals surface area (Å²) >= 11 is 0. The van der Waals surface area contributed by atoms with Gasteiger partial charge in [-0.1, -0.05) is 66.3 Å². The van der Waals surface area contributed by atoms with Crippen LogP contribution in [0.15, 0.2) is 36.7 Å². The van der Waals surface area contributed by atoms with Crippen LogP contribution in [0.25, 0.3) is 0 Å². The average Bonchev–Trinajstić information content (AvgIpc) is 2.68. The van der Waals surface area contributed by atoms with Crippen molar-refractivity contribution in [3.8, 4) is 0 Å². The van der Waals surface area contributed by atoms with Crippen LogP contribution in [0.5, 0.6) is 0 Å². The molecule has 114 valence electrons. The van der Waals surface area contributed by atoms with Crippen LogP contribution >= 0.6 is 0 Å². The molecule has 0 N–H and O–H groups in total. The highest BCUT2D eigenvalue weighted by Crippen LogP contribution is 2.39. The molecule has 20 heavy (non-hydrogen) atoms. The van der Waals surface area contributed by atoms with Crippen LogP contribution in [0.1, 0.15) is 66.7 Å². The van der Waals surface area contributed by atoms with E-state index in [-0.39, 0.29) is 5.41 Å². The Morgan fingerprint density at radius 1 is 1.05 bits per heavy atom. The van der Waals surface area contributed by atoms with Crippen LogP contribution in [-0.2, 0) is 0 Å². The minimum absolute atomic E-state index is 0.176. The van der Waals surface area contributed by atoms with E-state index < -0.39 is 0 Å². The second-order valence-electron chi connectivity index (χ2n) is 7.72. The van der Waals surface area contributed by atoms with Crippen molar-refractivity contribution >= 4 is 0 Å². The molecule has 0 aromatic carbocycles. The second-order valence-corrected chi connectivity index (χ2v) is 7.72. The van der Waals surface area contributed by atoms with Crippen LogP contribution in [0.4, 0.5) is 0 Å². The molecule has 0 amide bonds. The minimum Gasteiger partial charge on any atom is -0.346 e. The third-order valence-corrected chi connectivity index (χ3v) is 5.16. The zero-order valence-electron chi connectivity index (χ0n) is 14.3. The van der Waals surface area contributed by atoms with Gasteiger partial charge in [0, 0.05) is 17.9 Å². The third kappa shape index (κ3) is 4.26. The Morgan fingerprint density at radius 3 is 2.00 bits per heavy atom. The number of rotatable bonds is 7. The normalized spacial score (nSPS) is 16.9. The fourth-order valence-electron chi connectivity index (χ4n) is 2.42. The Hall–Kier alpha value is -0.980. The van der Waals surface area contributed by atoms with Crippen LogP contribution in [0.2, 0.25) is 0 Å². The van der Waals surface area contributed by atoms with Gasteiger partial charge in [-0.05, 0) is 36.5 Å². The fourth-order valence-corrected chi connectivity index (χ4v) is 2.42. The van der Waals surface area contributed by atoms with Gasteiger partial charge in [-0.15, -0.1) is 0 Å². The van der Waals surface area contributed by atoms with Gasteiger partial charge < -0.3 is 4.90 Å². The summed E-state index contributed by atoms with van der Waals surface area (Å²) in [6.07, 6.45) is 5.77. The van der Waals surface area contributed by atoms with Gasteiger partial charge in [0.1, 0.15) is 0 Å². The first kappa shape index (κ1) is 17.1. The van der Waals surface area contributed by atoms with E-state index >= 15 is 0 Å². The number of allylic oxidation sites excluding steroid dienone is 2. The van der Waals surface area contributed by atoms with Gasteiger partial charge in [0.25, 0.3) is 0 Å². The van der Waals surface area contributed by atoms with E-state index in [0.717, 1.165) is 19.4 Å². The molecule has 1 aliphatic heterocycles. The fraction of sp³-hybridized carbons (Fsp3) is 0.684. The van der Waals surface area contributed by atoms with Crippen LogP contribution < -0.4 is 0 Å². The summed E-state index contributed by atoms with van der Waals surface area (Å²) < 4.78 is 0. The Labute approximate surface area is 126 Å². The van der Waals surface area contributed by atoms with Gasteiger partial charge in [-0.25, -0.2) is 0 Å². The molecule has 0 saturated carbocycles. The molecule has 0 aliphatic carbocycles. The second kappa shape index (κ2) is 6.20. The molecule has 0 bridgehead atoms. The van der Waals surface area contributed by atoms with E-state index in [2.05, 4.69) is 59.3 Å². The molecular weight excluding hydrogens is 242 g/mol. The highest BCUT2D eigenvalue weighted by molar-refractivity contribution is 5.21. The van der Waals surface area contributed by atoms with E-state index in [1.807, 2.05) is 0 Å². The van der Waals surface area contributed by atoms with Gasteiger partial charge in [-0.2, -0.15) is 0 Å². The monoisotopic (exact) mass is 275 g/mol. The molecule has 0 unspecified atom stereocenters. The minimum atomic E-state index is 0.176. The Bertz CT molecular complexity index is 382. The van der Waals surface area contributed by atoms with Crippen molar-refractivity contribution in [3.63, 3.8) is 0 Å². The highest BCUT2D eigenvalue weighted by Gasteiger charge is 2.28. The lowest BCUT2D eigenvalue weighted by Crippen LogP contribution is -2.27. The zero-order chi connectivity index (χ0) is 15.6. The van der Waals surface area contributed by atoms with Crippen LogP contribution in [0.3, 0.4) is 0 Å². The Kier molecular flexibility index (Phi) is 5.29. The van der Waals surface area contributed by atoms with E-state index in [0.29, 0.717) is 5.41 Å². The molecule has 1 aliphatic rings. The molecule has 0 atom stereocenters. The lowest BCUT2D eigenvalue weighted by atomic mass is 9.74. The summed E-state index contributed by atoms with van der Waals surface area (Å²) in [5, 5.41) is 0. The first-order chi connectivity index (χ1) is 9.09. The maximum Gasteiger partial charge on any atom is 0.0437 e. The van der Waals surface area contributed by atoms with Crippen molar-refractivity contribution in [2.24, 2.45) is 10.8 Å². The van der Waals surface area contributed by atoms with E-state index in [1.54, 1.807) is 0 Å². The molecule has 1 heterocycles. The van der Waals surface area contributed by atoms with Gasteiger partial charge in [0.2, 0.25) is 0 Å². The lowest BCUT2D eigenvalue weighted by Gasteiger charge is -2.34. The standard InChI is InChI=1S/C19H33N/c1-9-18(5,6)12-13-19(7,8)15(2)14-20-16(3)10-11-17(20)4/h2-4,9-14H2,1,5-8H3. The van der Waals surface area contributed by atoms with Crippen molar-refractivity contribution in [1.29, 1.82) is 0 Å². The maximum atomic E-state index is 4.36. The first-order valence-corrected chi connectivity index (χ1v) is 7.90. The van der Waals surface area contributed by atoms with E-state index in [4.69, 9.17) is 0 Å². The molecule has 0 radical (unpaired) electrons. The van der Waals surface area contributed by atoms with Crippen molar-refractivity contribution < 1.29 is 0 Å². The summed E-state index contributed by atoms with van der Waals surface area (Å²) in [7, 11) is 0. The van der Waals surface area contributed by atoms with Gasteiger partial charge >= 0.3 is 0 Å². The molecule has 1 rings (SSSR count). The molecule has 0 aromatic rings. The topological polar surface area (TPSA) is 3.24 Å². The SMILES string of the molecule is C=C1CCC(=C)N1CC(=C)C(C)(C)CCC(C)(C)CC. The third-order valence-electron chi connectivity index (χ3n) is 5.16. The molecule has 0 spiro atoms. The maximum absolute atomic E-state index is 4.36. The lowest BCUT2D eigenvalue weighted by molar-refractivity contribution is 0.252. The molecule has 1 fully saturated rings. The highest BCUT2D eigenvalue weighted by atomic mass is 15.2. The summed E-state index contributed by atoms with van der Waals surface area (Å²) in [6.45, 7) is 25.2. The number of hydrogen-bond donors (Lipinski definition) is 0. The predicted molar refractivity (Wildman–Crippen MR) is 90.4 cm³/mol. The van der Waals surface area contributed by atoms with Crippen molar-refractivity contribution in [2.45, 2.75) is 66.7 Å². The van der Waals surface area contributed by atoms with E-state index in [9.17, 15) is 0 Å². The molecule has 1 heteroatoms. The number of nitrogens with zero attached hydrogens (tertiary/aromatic N) is 1. The average molecular weight is 275 g/mol. The summed E-state index contributed by atoms with van der Waals surface area (Å²) in [5.74, 6) is 0. The summed E-state index contributed by atoms with van der Waals surface area (Å²) in [6, 6.07) is 0. The zero-order valence-corrected chi connectivity index (χ0v) is 14.3. The van der Waals surface area contributed by atoms with Crippen molar-refractivity contribution in [3.05, 3.63) is 36.7 Å². The molecule has 1 saturated heterocycles. The van der Waals surface area contributed by atoms with Gasteiger partial charge in [-0.3, -0.25) is 0 Å². The van der Waals surface area contributed by atoms with Crippen molar-refractivity contribution in [1.82, 2.24) is 4.90 Å². The Morgan fingerprint density at radius 2 is 1.55 bits per heavy atom. The molecular formula is C19H33N.